The van der Waals surface area contributed by atoms with Gasteiger partial charge in [-0.05, 0) is 78.4 Å². The summed E-state index contributed by atoms with van der Waals surface area (Å²) in [5.41, 5.74) is 0.817. The van der Waals surface area contributed by atoms with Crippen molar-refractivity contribution in [1.82, 2.24) is 9.80 Å². The monoisotopic (exact) mass is 610 g/mol. The molecule has 0 spiro atoms. The number of nitrogens with zero attached hydrogens (tertiary/aromatic N) is 2. The molecule has 2 N–H and O–H groups in total. The van der Waals surface area contributed by atoms with E-state index in [2.05, 4.69) is 0 Å². The number of benzene rings is 2. The molecule has 44 heavy (non-hydrogen) atoms. The molecule has 10 heteroatoms. The molecule has 10 nitrogen and oxygen atoms in total. The average molecular weight is 611 g/mol. The summed E-state index contributed by atoms with van der Waals surface area (Å²) in [7, 11) is 0. The predicted octanol–water partition coefficient (Wildman–Crippen LogP) is 6.92. The number of carboxylic acid groups (broad SMARTS) is 2. The summed E-state index contributed by atoms with van der Waals surface area (Å²) < 4.78 is 10.9. The molecule has 2 fully saturated rings. The van der Waals surface area contributed by atoms with Crippen molar-refractivity contribution in [2.24, 2.45) is 11.8 Å². The number of hydrogen-bond donors (Lipinski definition) is 2. The Hall–Kier alpha value is -4.08. The zero-order valence-electron chi connectivity index (χ0n) is 26.6. The minimum atomic E-state index is -0.861. The van der Waals surface area contributed by atoms with Crippen molar-refractivity contribution in [3.05, 3.63) is 71.8 Å². The van der Waals surface area contributed by atoms with Crippen molar-refractivity contribution in [3.8, 4) is 0 Å². The first-order chi connectivity index (χ1) is 20.6. The maximum Gasteiger partial charge on any atom is 0.410 e. The minimum Gasteiger partial charge on any atom is -0.481 e. The van der Waals surface area contributed by atoms with Crippen molar-refractivity contribution in [3.63, 3.8) is 0 Å². The van der Waals surface area contributed by atoms with Gasteiger partial charge in [0.05, 0.1) is 23.9 Å². The predicted molar refractivity (Wildman–Crippen MR) is 165 cm³/mol. The molecule has 2 saturated heterocycles. The van der Waals surface area contributed by atoms with E-state index in [0.29, 0.717) is 25.7 Å². The fraction of sp³-hybridized carbons (Fsp3) is 0.529. The lowest BCUT2D eigenvalue weighted by Gasteiger charge is -2.39. The fourth-order valence-corrected chi connectivity index (χ4v) is 5.43. The third kappa shape index (κ3) is 9.99. The molecule has 0 saturated carbocycles. The molecule has 4 rings (SSSR count). The zero-order chi connectivity index (χ0) is 32.7. The van der Waals surface area contributed by atoms with Gasteiger partial charge >= 0.3 is 24.1 Å². The van der Waals surface area contributed by atoms with E-state index in [1.807, 2.05) is 60.7 Å². The van der Waals surface area contributed by atoms with E-state index in [4.69, 9.17) is 9.47 Å². The van der Waals surface area contributed by atoms with Crippen LogP contribution >= 0.6 is 0 Å². The van der Waals surface area contributed by atoms with Gasteiger partial charge in [-0.15, -0.1) is 0 Å². The summed E-state index contributed by atoms with van der Waals surface area (Å²) in [6, 6.07) is 19.1. The Morgan fingerprint density at radius 1 is 0.591 bits per heavy atom. The van der Waals surface area contributed by atoms with E-state index in [1.165, 1.54) is 0 Å². The van der Waals surface area contributed by atoms with Crippen LogP contribution < -0.4 is 0 Å². The Labute approximate surface area is 259 Å². The largest absolute Gasteiger partial charge is 0.481 e. The maximum absolute atomic E-state index is 12.5. The van der Waals surface area contributed by atoms with Crippen molar-refractivity contribution in [1.29, 1.82) is 0 Å². The third-order valence-corrected chi connectivity index (χ3v) is 7.49. The van der Waals surface area contributed by atoms with Gasteiger partial charge in [0.1, 0.15) is 11.2 Å². The van der Waals surface area contributed by atoms with E-state index in [-0.39, 0.29) is 25.2 Å². The SMILES string of the molecule is CC(C)(C)OC(=O)N1C[C@@H](C(=O)O)CC[C@H]1c1ccccc1.CC(C)(C)OC(=O)N1C[C@H](C(=O)O)CC[C@@H]1c1ccccc1. The number of carbonyl (C=O) groups is 4. The number of piperidine rings is 2. The lowest BCUT2D eigenvalue weighted by molar-refractivity contribution is -0.145. The van der Waals surface area contributed by atoms with Crippen molar-refractivity contribution in [2.45, 2.75) is 90.5 Å². The highest BCUT2D eigenvalue weighted by atomic mass is 16.6. The molecule has 0 radical (unpaired) electrons. The van der Waals surface area contributed by atoms with Gasteiger partial charge in [-0.3, -0.25) is 9.59 Å². The van der Waals surface area contributed by atoms with Crippen LogP contribution in [0.5, 0.6) is 0 Å². The molecule has 0 unspecified atom stereocenters. The van der Waals surface area contributed by atoms with Crippen LogP contribution in [0.1, 0.15) is 90.4 Å². The van der Waals surface area contributed by atoms with Crippen LogP contribution in [0.3, 0.4) is 0 Å². The van der Waals surface area contributed by atoms with E-state index in [9.17, 15) is 29.4 Å². The highest BCUT2D eigenvalue weighted by molar-refractivity contribution is 5.74. The quantitative estimate of drug-likeness (QED) is 0.381. The van der Waals surface area contributed by atoms with Crippen LogP contribution in [0.4, 0.5) is 9.59 Å². The molecule has 2 aromatic carbocycles. The summed E-state index contributed by atoms with van der Waals surface area (Å²) in [6.07, 6.45) is 1.47. The fourth-order valence-electron chi connectivity index (χ4n) is 5.43. The van der Waals surface area contributed by atoms with Crippen LogP contribution in [0.2, 0.25) is 0 Å². The smallest absolute Gasteiger partial charge is 0.410 e. The zero-order valence-corrected chi connectivity index (χ0v) is 26.6. The first-order valence-corrected chi connectivity index (χ1v) is 15.1. The van der Waals surface area contributed by atoms with Crippen molar-refractivity contribution >= 4 is 24.1 Å². The number of carbonyl (C=O) groups excluding carboxylic acids is 2. The number of likely N-dealkylation sites (tertiary alicyclic amines) is 2. The van der Waals surface area contributed by atoms with Gasteiger partial charge in [-0.2, -0.15) is 0 Å². The molecule has 2 aliphatic heterocycles. The second kappa shape index (κ2) is 14.6. The molecule has 2 aliphatic rings. The summed E-state index contributed by atoms with van der Waals surface area (Å²) in [5, 5.41) is 18.5. The Morgan fingerprint density at radius 2 is 0.909 bits per heavy atom. The molecule has 2 amide bonds. The van der Waals surface area contributed by atoms with Gasteiger partial charge in [0.25, 0.3) is 0 Å². The first kappa shape index (κ1) is 34.4. The molecule has 240 valence electrons. The van der Waals surface area contributed by atoms with Crippen LogP contribution in [-0.2, 0) is 19.1 Å². The van der Waals surface area contributed by atoms with Gasteiger partial charge in [0.15, 0.2) is 0 Å². The highest BCUT2D eigenvalue weighted by Crippen LogP contribution is 2.36. The molecule has 0 aliphatic carbocycles. The molecule has 2 heterocycles. The third-order valence-electron chi connectivity index (χ3n) is 7.49. The number of aliphatic carboxylic acids is 2. The summed E-state index contributed by atoms with van der Waals surface area (Å²) >= 11 is 0. The Kier molecular flexibility index (Phi) is 11.4. The highest BCUT2D eigenvalue weighted by Gasteiger charge is 2.39. The van der Waals surface area contributed by atoms with E-state index in [1.54, 1.807) is 51.3 Å². The molecule has 0 bridgehead atoms. The molecular formula is C34H46N2O8. The number of ether oxygens (including phenoxy) is 2. The summed E-state index contributed by atoms with van der Waals surface area (Å²) in [4.78, 5) is 50.6. The Balaban J connectivity index is 0.000000240. The molecule has 4 atom stereocenters. The van der Waals surface area contributed by atoms with Crippen LogP contribution in [0, 0.1) is 11.8 Å². The van der Waals surface area contributed by atoms with Gasteiger partial charge < -0.3 is 29.5 Å². The molecule has 0 aromatic heterocycles. The van der Waals surface area contributed by atoms with Crippen LogP contribution in [-0.4, -0.2) is 68.4 Å². The van der Waals surface area contributed by atoms with Gasteiger partial charge in [0.2, 0.25) is 0 Å². The standard InChI is InChI=1S/2C17H23NO4/c2*1-17(2,3)22-16(21)18-11-13(15(19)20)9-10-14(18)12-7-5-4-6-8-12/h2*4-8,13-14H,9-11H2,1-3H3,(H,19,20)/t2*13-,14-/m10/s1. The van der Waals surface area contributed by atoms with Crippen molar-refractivity contribution in [2.75, 3.05) is 13.1 Å². The number of amides is 2. The lowest BCUT2D eigenvalue weighted by atomic mass is 9.89. The van der Waals surface area contributed by atoms with E-state index >= 15 is 0 Å². The second-order valence-corrected chi connectivity index (χ2v) is 13.3. The maximum atomic E-state index is 12.5. The summed E-state index contributed by atoms with van der Waals surface area (Å²) in [6.45, 7) is 11.2. The van der Waals surface area contributed by atoms with Crippen LogP contribution in [0.25, 0.3) is 0 Å². The minimum absolute atomic E-state index is 0.133. The number of rotatable bonds is 4. The lowest BCUT2D eigenvalue weighted by Crippen LogP contribution is -2.46. The average Bonchev–Trinajstić information content (AvgIpc) is 2.96. The van der Waals surface area contributed by atoms with E-state index < -0.39 is 47.2 Å². The Bertz CT molecular complexity index is 1170. The van der Waals surface area contributed by atoms with E-state index in [0.717, 1.165) is 11.1 Å². The molecular weight excluding hydrogens is 564 g/mol. The van der Waals surface area contributed by atoms with Crippen molar-refractivity contribution < 1.29 is 38.9 Å². The van der Waals surface area contributed by atoms with Crippen LogP contribution in [0.15, 0.2) is 60.7 Å². The first-order valence-electron chi connectivity index (χ1n) is 15.1. The Morgan fingerprint density at radius 3 is 1.18 bits per heavy atom. The number of hydrogen-bond acceptors (Lipinski definition) is 6. The topological polar surface area (TPSA) is 134 Å². The van der Waals surface area contributed by atoms with Gasteiger partial charge in [-0.1, -0.05) is 60.7 Å². The normalized spacial score (nSPS) is 22.2. The van der Waals surface area contributed by atoms with Gasteiger partial charge in [-0.25, -0.2) is 9.59 Å². The second-order valence-electron chi connectivity index (χ2n) is 13.3. The molecule has 2 aromatic rings. The van der Waals surface area contributed by atoms with Gasteiger partial charge in [0, 0.05) is 13.1 Å². The number of carboxylic acids is 2. The summed E-state index contributed by atoms with van der Waals surface area (Å²) in [5.74, 6) is -2.79.